The Kier molecular flexibility index (Phi) is 17.1. The smallest absolute Gasteiger partial charge is 0.417 e. The van der Waals surface area contributed by atoms with Crippen molar-refractivity contribution >= 4 is 29.5 Å². The maximum absolute atomic E-state index is 16.3. The first-order valence-electron chi connectivity index (χ1n) is 17.6. The van der Waals surface area contributed by atoms with Gasteiger partial charge in [-0.2, -0.15) is 13.2 Å². The molecule has 2 fully saturated rings. The molecule has 0 spiro atoms. The normalized spacial score (nSPS) is 20.9. The van der Waals surface area contributed by atoms with Gasteiger partial charge in [0, 0.05) is 73.6 Å². The number of nitrogens with zero attached hydrogens (tertiary/aromatic N) is 3. The molecule has 17 heteroatoms. The Morgan fingerprint density at radius 1 is 1.09 bits per heavy atom. The van der Waals surface area contributed by atoms with Crippen LogP contribution in [0.2, 0.25) is 0 Å². The van der Waals surface area contributed by atoms with Crippen molar-refractivity contribution in [1.82, 2.24) is 14.8 Å². The molecule has 2 N–H and O–H groups in total. The van der Waals surface area contributed by atoms with Crippen molar-refractivity contribution in [3.63, 3.8) is 0 Å². The molecule has 300 valence electrons. The first-order valence-corrected chi connectivity index (χ1v) is 18.6. The number of carbonyl (C=O) groups excluding carboxylic acids is 2. The lowest BCUT2D eigenvalue weighted by atomic mass is 9.82. The molecular weight excluding hydrogens is 747 g/mol. The molecule has 9 nitrogen and oxygen atoms in total. The fraction of sp³-hybridized carbons (Fsp3) is 0.568. The van der Waals surface area contributed by atoms with E-state index in [9.17, 15) is 40.7 Å². The highest BCUT2D eigenvalue weighted by molar-refractivity contribution is 8.03. The highest BCUT2D eigenvalue weighted by Crippen LogP contribution is 2.43. The zero-order chi connectivity index (χ0) is 40.1. The third-order valence-corrected chi connectivity index (χ3v) is 10.5. The molecule has 3 aliphatic heterocycles. The van der Waals surface area contributed by atoms with Crippen molar-refractivity contribution in [3.8, 4) is 5.75 Å². The van der Waals surface area contributed by atoms with Crippen molar-refractivity contribution < 1.29 is 60.1 Å². The number of ether oxygens (including phenoxy) is 1. The van der Waals surface area contributed by atoms with E-state index in [0.717, 1.165) is 30.2 Å². The summed E-state index contributed by atoms with van der Waals surface area (Å²) in [5.41, 5.74) is -3.00. The molecule has 5 rings (SSSR count). The van der Waals surface area contributed by atoms with Gasteiger partial charge in [-0.15, -0.1) is 11.8 Å². The Morgan fingerprint density at radius 2 is 1.78 bits per heavy atom. The number of benzene rings is 1. The summed E-state index contributed by atoms with van der Waals surface area (Å²) in [6.45, 7) is 2.52. The highest BCUT2D eigenvalue weighted by atomic mass is 32.2. The quantitative estimate of drug-likeness (QED) is 0.176. The molecule has 2 aromatic rings. The standard InChI is InChI=1S/C31H37F4N3O5.C5H6F2OS.CH3F/c1-2-7-25-21(8-5-16-38(25)29(42)22-20-36-15-12-23(22)31(33,34)35)28(41)37-17-13-30(32,14-18-37)24-9-3-4-10-26(24)43-19-6-11-27(39)40;6-5(7)4-1-3(8)2-9-4;1-2/h3-4,9-10,12,15,20-21,25H,2,5-8,11,13-14,16-19H2,1H3,(H,39,40);1,3,5,8H,2H2;1H3. The van der Waals surface area contributed by atoms with Gasteiger partial charge in [0.15, 0.2) is 0 Å². The number of thioether (sulfide) groups is 1. The highest BCUT2D eigenvalue weighted by Gasteiger charge is 2.45. The third kappa shape index (κ3) is 11.8. The van der Waals surface area contributed by atoms with Crippen LogP contribution in [0.1, 0.15) is 79.8 Å². The summed E-state index contributed by atoms with van der Waals surface area (Å²) < 4.78 is 96.0. The molecule has 3 unspecified atom stereocenters. The number of aliphatic carboxylic acids is 1. The van der Waals surface area contributed by atoms with Gasteiger partial charge in [0.05, 0.1) is 36.9 Å². The summed E-state index contributed by atoms with van der Waals surface area (Å²) in [7, 11) is 0.500. The van der Waals surface area contributed by atoms with Crippen LogP contribution in [0.15, 0.2) is 53.7 Å². The lowest BCUT2D eigenvalue weighted by Gasteiger charge is -2.44. The number of hydrogen-bond donors (Lipinski definition) is 2. The molecule has 54 heavy (non-hydrogen) atoms. The number of alkyl halides is 7. The second kappa shape index (κ2) is 20.7. The molecule has 3 atom stereocenters. The summed E-state index contributed by atoms with van der Waals surface area (Å²) in [5, 5.41) is 17.6. The molecule has 3 aliphatic rings. The number of rotatable bonds is 11. The van der Waals surface area contributed by atoms with E-state index in [4.69, 9.17) is 14.9 Å². The molecule has 2 saturated heterocycles. The predicted octanol–water partition coefficient (Wildman–Crippen LogP) is 7.68. The Hall–Kier alpha value is -3.86. The number of allylic oxidation sites excluding steroid dienone is 1. The number of para-hydroxylation sites is 1. The van der Waals surface area contributed by atoms with Gasteiger partial charge in [0.2, 0.25) is 5.91 Å². The van der Waals surface area contributed by atoms with Gasteiger partial charge in [-0.1, -0.05) is 31.5 Å². The Balaban J connectivity index is 0.000000616. The topological polar surface area (TPSA) is 120 Å². The van der Waals surface area contributed by atoms with Crippen LogP contribution in [0.25, 0.3) is 0 Å². The van der Waals surface area contributed by atoms with E-state index in [-0.39, 0.29) is 62.7 Å². The van der Waals surface area contributed by atoms with Crippen molar-refractivity contribution in [2.45, 2.75) is 88.7 Å². The van der Waals surface area contributed by atoms with Gasteiger partial charge in [0.25, 0.3) is 12.3 Å². The minimum absolute atomic E-state index is 0.00231. The second-order valence-electron chi connectivity index (χ2n) is 12.9. The Labute approximate surface area is 313 Å². The number of carbonyl (C=O) groups is 3. The lowest BCUT2D eigenvalue weighted by molar-refractivity contribution is -0.142. The van der Waals surface area contributed by atoms with Crippen molar-refractivity contribution in [2.75, 3.05) is 39.2 Å². The second-order valence-corrected chi connectivity index (χ2v) is 14.0. The summed E-state index contributed by atoms with van der Waals surface area (Å²) in [6.07, 6.45) is -2.41. The minimum Gasteiger partial charge on any atom is -0.493 e. The summed E-state index contributed by atoms with van der Waals surface area (Å²) >= 11 is 1.02. The fourth-order valence-electron chi connectivity index (χ4n) is 6.77. The third-order valence-electron chi connectivity index (χ3n) is 9.32. The van der Waals surface area contributed by atoms with E-state index in [2.05, 4.69) is 4.98 Å². The molecule has 0 saturated carbocycles. The average Bonchev–Trinajstić information content (AvgIpc) is 3.61. The Bertz CT molecular complexity index is 1570. The summed E-state index contributed by atoms with van der Waals surface area (Å²) in [4.78, 5) is 44.8. The number of aliphatic hydroxyl groups is 1. The van der Waals surface area contributed by atoms with E-state index < -0.39 is 59.3 Å². The largest absolute Gasteiger partial charge is 0.493 e. The Morgan fingerprint density at radius 3 is 2.35 bits per heavy atom. The van der Waals surface area contributed by atoms with Gasteiger partial charge in [-0.25, -0.2) is 13.2 Å². The van der Waals surface area contributed by atoms with Crippen LogP contribution in [0.5, 0.6) is 5.75 Å². The van der Waals surface area contributed by atoms with Gasteiger partial charge >= 0.3 is 12.1 Å². The first kappa shape index (κ1) is 44.5. The maximum atomic E-state index is 16.3. The molecule has 1 aromatic heterocycles. The number of aliphatic hydroxyl groups excluding tert-OH is 1. The van der Waals surface area contributed by atoms with Crippen LogP contribution in [0, 0.1) is 5.92 Å². The van der Waals surface area contributed by atoms with Crippen LogP contribution in [0.3, 0.4) is 0 Å². The van der Waals surface area contributed by atoms with Gasteiger partial charge < -0.3 is 24.7 Å². The van der Waals surface area contributed by atoms with Crippen LogP contribution in [0.4, 0.5) is 30.7 Å². The molecule has 0 radical (unpaired) electrons. The average molecular weight is 794 g/mol. The molecule has 2 amide bonds. The van der Waals surface area contributed by atoms with E-state index in [1.807, 2.05) is 6.92 Å². The van der Waals surface area contributed by atoms with Gasteiger partial charge in [-0.3, -0.25) is 23.8 Å². The number of aromatic nitrogens is 1. The van der Waals surface area contributed by atoms with Gasteiger partial charge in [0.1, 0.15) is 11.4 Å². The molecule has 0 bridgehead atoms. The number of carboxylic acid groups (broad SMARTS) is 1. The number of piperidine rings is 2. The summed E-state index contributed by atoms with van der Waals surface area (Å²) in [5.74, 6) is -1.85. The van der Waals surface area contributed by atoms with Crippen molar-refractivity contribution in [2.24, 2.45) is 5.92 Å². The fourth-order valence-corrected chi connectivity index (χ4v) is 7.61. The molecule has 4 heterocycles. The number of carboxylic acids is 1. The number of likely N-dealkylation sites (tertiary alicyclic amines) is 2. The van der Waals surface area contributed by atoms with Crippen molar-refractivity contribution in [1.29, 1.82) is 0 Å². The zero-order valence-corrected chi connectivity index (χ0v) is 30.9. The maximum Gasteiger partial charge on any atom is 0.417 e. The first-order chi connectivity index (χ1) is 25.7. The van der Waals surface area contributed by atoms with Crippen LogP contribution < -0.4 is 4.74 Å². The zero-order valence-electron chi connectivity index (χ0n) is 30.0. The number of amides is 2. The van der Waals surface area contributed by atoms with Crippen LogP contribution in [-0.4, -0.2) is 101 Å². The molecule has 0 aliphatic carbocycles. The number of hydrogen-bond acceptors (Lipinski definition) is 7. The van der Waals surface area contributed by atoms with E-state index in [1.54, 1.807) is 29.2 Å². The van der Waals surface area contributed by atoms with Crippen LogP contribution >= 0.6 is 11.8 Å². The molecule has 1 aromatic carbocycles. The lowest BCUT2D eigenvalue weighted by Crippen LogP contribution is -2.55. The van der Waals surface area contributed by atoms with Crippen molar-refractivity contribution in [3.05, 3.63) is 70.4 Å². The molecular formula is C37H46F7N3O6S. The van der Waals surface area contributed by atoms with Gasteiger partial charge in [-0.05, 0) is 43.9 Å². The SMILES string of the molecule is CCCC1C(C(=O)N2CCC(F)(c3ccccc3OCCCC(=O)O)CC2)CCCN1C(=O)c1cnccc1C(F)(F)F.CF.OC1C=C(C(F)F)SC1. The number of halogens is 7. The number of pyridine rings is 1. The van der Waals surface area contributed by atoms with E-state index in [0.29, 0.717) is 49.9 Å². The minimum atomic E-state index is -4.73. The summed E-state index contributed by atoms with van der Waals surface area (Å²) in [6, 6.07) is 6.89. The van der Waals surface area contributed by atoms with E-state index >= 15 is 4.39 Å². The van der Waals surface area contributed by atoms with Crippen LogP contribution in [-0.2, 0) is 21.4 Å². The predicted molar refractivity (Wildman–Crippen MR) is 189 cm³/mol. The monoisotopic (exact) mass is 793 g/mol. The van der Waals surface area contributed by atoms with E-state index in [1.165, 1.54) is 11.0 Å².